The zero-order chi connectivity index (χ0) is 14.3. The van der Waals surface area contributed by atoms with Gasteiger partial charge in [-0.2, -0.15) is 0 Å². The molecule has 104 valence electrons. The smallest absolute Gasteiger partial charge is 0.266 e. The Morgan fingerprint density at radius 2 is 2.25 bits per heavy atom. The molecule has 2 aromatic rings. The highest BCUT2D eigenvalue weighted by atomic mass is 16.2. The quantitative estimate of drug-likeness (QED) is 0.463. The average molecular weight is 270 g/mol. The summed E-state index contributed by atoms with van der Waals surface area (Å²) in [5.74, 6) is 5.13. The number of nitrogen functional groups attached to an aromatic ring is 1. The molecule has 0 saturated heterocycles. The van der Waals surface area contributed by atoms with Gasteiger partial charge >= 0.3 is 0 Å². The first-order valence-electron chi connectivity index (χ1n) is 6.71. The van der Waals surface area contributed by atoms with E-state index in [1.165, 1.54) is 0 Å². The van der Waals surface area contributed by atoms with Crippen LogP contribution in [0, 0.1) is 6.92 Å². The molecular weight excluding hydrogens is 252 g/mol. The van der Waals surface area contributed by atoms with E-state index in [1.807, 2.05) is 32.2 Å². The molecule has 2 heterocycles. The van der Waals surface area contributed by atoms with Crippen LogP contribution in [0.3, 0.4) is 0 Å². The fraction of sp³-hybridized carbons (Fsp3) is 0.333. The number of hydrogen-bond acceptors (Lipinski definition) is 4. The van der Waals surface area contributed by atoms with Gasteiger partial charge in [-0.3, -0.25) is 15.2 Å². The van der Waals surface area contributed by atoms with Gasteiger partial charge in [-0.25, -0.2) is 5.84 Å². The molecule has 0 atom stereocenters. The first-order chi connectivity index (χ1) is 9.60. The second-order valence-corrected chi connectivity index (χ2v) is 5.39. The number of amides is 1. The molecule has 20 heavy (non-hydrogen) atoms. The highest BCUT2D eigenvalue weighted by Crippen LogP contribution is 2.28. The van der Waals surface area contributed by atoms with Crippen LogP contribution in [-0.4, -0.2) is 29.4 Å². The Labute approximate surface area is 117 Å². The van der Waals surface area contributed by atoms with Crippen molar-refractivity contribution in [3.05, 3.63) is 40.6 Å². The molecule has 0 unspecified atom stereocenters. The summed E-state index contributed by atoms with van der Waals surface area (Å²) < 4.78 is 0. The Morgan fingerprint density at radius 1 is 1.45 bits per heavy atom. The number of nitrogens with one attached hydrogen (secondary N) is 1. The minimum absolute atomic E-state index is 0.241. The summed E-state index contributed by atoms with van der Waals surface area (Å²) in [5.41, 5.74) is 6.92. The Kier molecular flexibility index (Phi) is 3.16. The molecular formula is C15H18N4O. The number of rotatable bonds is 1. The van der Waals surface area contributed by atoms with Gasteiger partial charge in [0.1, 0.15) is 0 Å². The minimum Gasteiger partial charge on any atom is -0.302 e. The van der Waals surface area contributed by atoms with E-state index in [9.17, 15) is 4.79 Å². The SMILES string of the molecule is Cc1ccc2nc3c(c(C(=O)NN)c2c1)CN(C)CC3. The summed E-state index contributed by atoms with van der Waals surface area (Å²) in [5, 5.41) is 0.877. The summed E-state index contributed by atoms with van der Waals surface area (Å²) >= 11 is 0. The molecule has 1 aromatic heterocycles. The van der Waals surface area contributed by atoms with Gasteiger partial charge in [0.05, 0.1) is 11.1 Å². The second-order valence-electron chi connectivity index (χ2n) is 5.39. The molecule has 3 N–H and O–H groups in total. The number of pyridine rings is 1. The number of carbonyl (C=O) groups excluding carboxylic acids is 1. The van der Waals surface area contributed by atoms with E-state index in [2.05, 4.69) is 10.3 Å². The number of fused-ring (bicyclic) bond motifs is 2. The van der Waals surface area contributed by atoms with E-state index >= 15 is 0 Å². The maximum atomic E-state index is 12.2. The molecule has 1 amide bonds. The average Bonchev–Trinajstić information content (AvgIpc) is 2.44. The molecule has 0 bridgehead atoms. The number of aryl methyl sites for hydroxylation is 1. The molecule has 3 rings (SSSR count). The Hall–Kier alpha value is -1.98. The van der Waals surface area contributed by atoms with Gasteiger partial charge in [0, 0.05) is 36.2 Å². The van der Waals surface area contributed by atoms with Crippen molar-refractivity contribution in [2.24, 2.45) is 5.84 Å². The molecule has 0 radical (unpaired) electrons. The number of aromatic nitrogens is 1. The molecule has 1 aliphatic heterocycles. The highest BCUT2D eigenvalue weighted by Gasteiger charge is 2.24. The molecule has 5 nitrogen and oxygen atoms in total. The fourth-order valence-electron chi connectivity index (χ4n) is 2.82. The molecule has 0 aliphatic carbocycles. The lowest BCUT2D eigenvalue weighted by atomic mass is 9.95. The lowest BCUT2D eigenvalue weighted by Crippen LogP contribution is -2.34. The Bertz CT molecular complexity index is 696. The summed E-state index contributed by atoms with van der Waals surface area (Å²) in [6, 6.07) is 5.99. The number of carbonyl (C=O) groups is 1. The van der Waals surface area contributed by atoms with Crippen LogP contribution in [0.2, 0.25) is 0 Å². The van der Waals surface area contributed by atoms with E-state index in [0.717, 1.165) is 47.2 Å². The Morgan fingerprint density at radius 3 is 3.00 bits per heavy atom. The predicted molar refractivity (Wildman–Crippen MR) is 78.2 cm³/mol. The lowest BCUT2D eigenvalue weighted by Gasteiger charge is -2.26. The third-order valence-corrected chi connectivity index (χ3v) is 3.84. The van der Waals surface area contributed by atoms with Crippen molar-refractivity contribution in [2.75, 3.05) is 13.6 Å². The molecule has 1 aromatic carbocycles. The number of likely N-dealkylation sites (N-methyl/N-ethyl adjacent to an activating group) is 1. The molecule has 0 saturated carbocycles. The summed E-state index contributed by atoms with van der Waals surface area (Å²) in [6.45, 7) is 3.70. The molecule has 1 aliphatic rings. The van der Waals surface area contributed by atoms with Crippen molar-refractivity contribution >= 4 is 16.8 Å². The van der Waals surface area contributed by atoms with Gasteiger partial charge < -0.3 is 4.90 Å². The van der Waals surface area contributed by atoms with Gasteiger partial charge in [0.15, 0.2) is 0 Å². The molecule has 0 spiro atoms. The van der Waals surface area contributed by atoms with Gasteiger partial charge in [-0.05, 0) is 26.1 Å². The van der Waals surface area contributed by atoms with Crippen LogP contribution in [0.5, 0.6) is 0 Å². The van der Waals surface area contributed by atoms with Crippen LogP contribution in [0.25, 0.3) is 10.9 Å². The van der Waals surface area contributed by atoms with Crippen molar-refractivity contribution in [3.8, 4) is 0 Å². The second kappa shape index (κ2) is 4.85. The van der Waals surface area contributed by atoms with Gasteiger partial charge in [-0.15, -0.1) is 0 Å². The van der Waals surface area contributed by atoms with Crippen molar-refractivity contribution in [2.45, 2.75) is 19.9 Å². The molecule has 5 heteroatoms. The van der Waals surface area contributed by atoms with Crippen LogP contribution >= 0.6 is 0 Å². The number of hydrazine groups is 1. The van der Waals surface area contributed by atoms with Gasteiger partial charge in [0.2, 0.25) is 0 Å². The number of nitrogens with zero attached hydrogens (tertiary/aromatic N) is 2. The van der Waals surface area contributed by atoms with Crippen LogP contribution < -0.4 is 11.3 Å². The summed E-state index contributed by atoms with van der Waals surface area (Å²) in [6.07, 6.45) is 0.862. The normalized spacial score (nSPS) is 15.2. The van der Waals surface area contributed by atoms with Gasteiger partial charge in [0.25, 0.3) is 5.91 Å². The van der Waals surface area contributed by atoms with Crippen LogP contribution in [0.15, 0.2) is 18.2 Å². The maximum Gasteiger partial charge on any atom is 0.266 e. The third kappa shape index (κ3) is 2.05. The third-order valence-electron chi connectivity index (χ3n) is 3.84. The minimum atomic E-state index is -0.241. The summed E-state index contributed by atoms with van der Waals surface area (Å²) in [4.78, 5) is 19.1. The van der Waals surface area contributed by atoms with E-state index in [4.69, 9.17) is 10.8 Å². The van der Waals surface area contributed by atoms with E-state index in [0.29, 0.717) is 5.56 Å². The zero-order valence-electron chi connectivity index (χ0n) is 11.7. The van der Waals surface area contributed by atoms with E-state index in [-0.39, 0.29) is 5.91 Å². The number of benzene rings is 1. The number of hydrogen-bond donors (Lipinski definition) is 2. The highest BCUT2D eigenvalue weighted by molar-refractivity contribution is 6.07. The molecule has 0 fully saturated rings. The van der Waals surface area contributed by atoms with Crippen LogP contribution in [0.4, 0.5) is 0 Å². The number of nitrogens with two attached hydrogens (primary N) is 1. The van der Waals surface area contributed by atoms with Crippen molar-refractivity contribution in [3.63, 3.8) is 0 Å². The largest absolute Gasteiger partial charge is 0.302 e. The Balaban J connectivity index is 2.35. The van der Waals surface area contributed by atoms with E-state index in [1.54, 1.807) is 0 Å². The lowest BCUT2D eigenvalue weighted by molar-refractivity contribution is 0.0953. The van der Waals surface area contributed by atoms with E-state index < -0.39 is 0 Å². The standard InChI is InChI=1S/C15H18N4O/c1-9-3-4-12-10(7-9)14(15(20)18-16)11-8-19(2)6-5-13(11)17-12/h3-4,7H,5-6,8,16H2,1-2H3,(H,18,20). The predicted octanol–water partition coefficient (Wildman–Crippen LogP) is 1.13. The zero-order valence-corrected chi connectivity index (χ0v) is 11.7. The maximum absolute atomic E-state index is 12.2. The topological polar surface area (TPSA) is 71.2 Å². The van der Waals surface area contributed by atoms with Crippen LogP contribution in [-0.2, 0) is 13.0 Å². The fourth-order valence-corrected chi connectivity index (χ4v) is 2.82. The van der Waals surface area contributed by atoms with Crippen molar-refractivity contribution in [1.82, 2.24) is 15.3 Å². The first-order valence-corrected chi connectivity index (χ1v) is 6.71. The first kappa shape index (κ1) is 13.0. The monoisotopic (exact) mass is 270 g/mol. The van der Waals surface area contributed by atoms with Crippen molar-refractivity contribution < 1.29 is 4.79 Å². The van der Waals surface area contributed by atoms with Gasteiger partial charge in [-0.1, -0.05) is 11.6 Å². The summed E-state index contributed by atoms with van der Waals surface area (Å²) in [7, 11) is 2.05. The van der Waals surface area contributed by atoms with Crippen LogP contribution in [0.1, 0.15) is 27.2 Å². The van der Waals surface area contributed by atoms with Crippen molar-refractivity contribution in [1.29, 1.82) is 0 Å².